The van der Waals surface area contributed by atoms with Crippen LogP contribution in [0.4, 0.5) is 0 Å². The van der Waals surface area contributed by atoms with Crippen molar-refractivity contribution in [3.05, 3.63) is 0 Å². The van der Waals surface area contributed by atoms with E-state index in [9.17, 15) is 0 Å². The van der Waals surface area contributed by atoms with E-state index >= 15 is 0 Å². The second-order valence-electron chi connectivity index (χ2n) is 4.23. The molecule has 1 saturated carbocycles. The van der Waals surface area contributed by atoms with Gasteiger partial charge < -0.3 is 10.2 Å². The molecular formula is C11H24N2. The molecule has 0 aromatic rings. The minimum atomic E-state index is 0.921. The van der Waals surface area contributed by atoms with E-state index in [0.29, 0.717) is 0 Å². The first-order chi connectivity index (χ1) is 6.34. The summed E-state index contributed by atoms with van der Waals surface area (Å²) < 4.78 is 0. The van der Waals surface area contributed by atoms with Crippen molar-refractivity contribution in [3.8, 4) is 0 Å². The highest BCUT2D eigenvalue weighted by Gasteiger charge is 2.20. The zero-order valence-electron chi connectivity index (χ0n) is 9.18. The first kappa shape index (κ1) is 11.0. The maximum Gasteiger partial charge on any atom is 0.00922 e. The molecule has 0 unspecified atom stereocenters. The third-order valence-electron chi connectivity index (χ3n) is 3.14. The largest absolute Gasteiger partial charge is 0.320 e. The van der Waals surface area contributed by atoms with E-state index in [1.54, 1.807) is 0 Å². The molecule has 0 bridgehead atoms. The molecule has 0 amide bonds. The molecule has 1 aliphatic carbocycles. The van der Waals surface area contributed by atoms with Crippen LogP contribution in [0.25, 0.3) is 0 Å². The number of nitrogens with one attached hydrogen (secondary N) is 1. The fraction of sp³-hybridized carbons (Fsp3) is 1.00. The Kier molecular flexibility index (Phi) is 5.40. The summed E-state index contributed by atoms with van der Waals surface area (Å²) in [6.07, 6.45) is 8.40. The Balaban J connectivity index is 1.86. The van der Waals surface area contributed by atoms with Gasteiger partial charge in [-0.3, -0.25) is 0 Å². The van der Waals surface area contributed by atoms with Crippen LogP contribution in [0.1, 0.15) is 38.5 Å². The first-order valence-electron chi connectivity index (χ1n) is 5.69. The standard InChI is InChI=1S/C11H24N2/c1-12-9-4-3-5-10-13(2)11-7-6-8-11/h11-12H,3-10H2,1-2H3. The van der Waals surface area contributed by atoms with Gasteiger partial charge in [-0.25, -0.2) is 0 Å². The lowest BCUT2D eigenvalue weighted by molar-refractivity contribution is 0.157. The Morgan fingerprint density at radius 2 is 2.00 bits per heavy atom. The van der Waals surface area contributed by atoms with E-state index in [2.05, 4.69) is 17.3 Å². The van der Waals surface area contributed by atoms with Crippen LogP contribution in [0.5, 0.6) is 0 Å². The number of nitrogens with zero attached hydrogens (tertiary/aromatic N) is 1. The zero-order chi connectivity index (χ0) is 9.52. The van der Waals surface area contributed by atoms with Gasteiger partial charge in [0.15, 0.2) is 0 Å². The van der Waals surface area contributed by atoms with Gasteiger partial charge in [0, 0.05) is 6.04 Å². The van der Waals surface area contributed by atoms with E-state index in [-0.39, 0.29) is 0 Å². The van der Waals surface area contributed by atoms with Crippen LogP contribution in [0.3, 0.4) is 0 Å². The van der Waals surface area contributed by atoms with Gasteiger partial charge in [-0.2, -0.15) is 0 Å². The zero-order valence-corrected chi connectivity index (χ0v) is 9.18. The average Bonchev–Trinajstić information content (AvgIpc) is 2.01. The van der Waals surface area contributed by atoms with Gasteiger partial charge in [0.05, 0.1) is 0 Å². The number of unbranched alkanes of at least 4 members (excludes halogenated alkanes) is 2. The molecule has 1 aliphatic rings. The number of rotatable bonds is 7. The molecule has 2 nitrogen and oxygen atoms in total. The summed E-state index contributed by atoms with van der Waals surface area (Å²) in [6, 6.07) is 0.921. The molecule has 0 atom stereocenters. The topological polar surface area (TPSA) is 15.3 Å². The van der Waals surface area contributed by atoms with Crippen molar-refractivity contribution in [2.45, 2.75) is 44.6 Å². The summed E-state index contributed by atoms with van der Waals surface area (Å²) in [4.78, 5) is 2.54. The minimum Gasteiger partial charge on any atom is -0.320 e. The van der Waals surface area contributed by atoms with E-state index in [1.807, 2.05) is 7.05 Å². The van der Waals surface area contributed by atoms with Crippen LogP contribution in [-0.2, 0) is 0 Å². The van der Waals surface area contributed by atoms with Gasteiger partial charge in [-0.05, 0) is 52.9 Å². The monoisotopic (exact) mass is 184 g/mol. The second-order valence-corrected chi connectivity index (χ2v) is 4.23. The van der Waals surface area contributed by atoms with Gasteiger partial charge in [0.25, 0.3) is 0 Å². The quantitative estimate of drug-likeness (QED) is 0.608. The summed E-state index contributed by atoms with van der Waals surface area (Å²) >= 11 is 0. The molecule has 1 rings (SSSR count). The molecule has 0 radical (unpaired) electrons. The van der Waals surface area contributed by atoms with Crippen molar-refractivity contribution in [3.63, 3.8) is 0 Å². The lowest BCUT2D eigenvalue weighted by atomic mass is 9.92. The van der Waals surface area contributed by atoms with Crippen LogP contribution in [-0.4, -0.2) is 38.1 Å². The molecule has 0 aliphatic heterocycles. The fourth-order valence-electron chi connectivity index (χ4n) is 1.85. The summed E-state index contributed by atoms with van der Waals surface area (Å²) in [6.45, 7) is 2.47. The van der Waals surface area contributed by atoms with Crippen LogP contribution in [0.2, 0.25) is 0 Å². The van der Waals surface area contributed by atoms with Crippen molar-refractivity contribution < 1.29 is 0 Å². The Morgan fingerprint density at radius 1 is 1.23 bits per heavy atom. The molecule has 1 fully saturated rings. The maximum atomic E-state index is 3.19. The lowest BCUT2D eigenvalue weighted by Crippen LogP contribution is -2.37. The van der Waals surface area contributed by atoms with E-state index < -0.39 is 0 Å². The summed E-state index contributed by atoms with van der Waals surface area (Å²) in [7, 11) is 4.31. The fourth-order valence-corrected chi connectivity index (χ4v) is 1.85. The maximum absolute atomic E-state index is 3.19. The first-order valence-corrected chi connectivity index (χ1v) is 5.69. The van der Waals surface area contributed by atoms with Crippen molar-refractivity contribution in [2.24, 2.45) is 0 Å². The average molecular weight is 184 g/mol. The van der Waals surface area contributed by atoms with Gasteiger partial charge in [-0.1, -0.05) is 12.8 Å². The number of hydrogen-bond acceptors (Lipinski definition) is 2. The highest BCUT2D eigenvalue weighted by Crippen LogP contribution is 2.23. The van der Waals surface area contributed by atoms with Gasteiger partial charge in [0.2, 0.25) is 0 Å². The lowest BCUT2D eigenvalue weighted by Gasteiger charge is -2.34. The molecule has 0 aromatic heterocycles. The van der Waals surface area contributed by atoms with Crippen LogP contribution in [0, 0.1) is 0 Å². The van der Waals surface area contributed by atoms with Crippen molar-refractivity contribution >= 4 is 0 Å². The highest BCUT2D eigenvalue weighted by molar-refractivity contribution is 4.77. The molecule has 78 valence electrons. The van der Waals surface area contributed by atoms with Gasteiger partial charge in [-0.15, -0.1) is 0 Å². The molecule has 0 heterocycles. The molecule has 0 saturated heterocycles. The molecular weight excluding hydrogens is 160 g/mol. The van der Waals surface area contributed by atoms with E-state index in [1.165, 1.54) is 51.6 Å². The minimum absolute atomic E-state index is 0.921. The Hall–Kier alpha value is -0.0800. The summed E-state index contributed by atoms with van der Waals surface area (Å²) in [5.41, 5.74) is 0. The van der Waals surface area contributed by atoms with Crippen molar-refractivity contribution in [2.75, 3.05) is 27.2 Å². The Bertz CT molecular complexity index is 121. The highest BCUT2D eigenvalue weighted by atomic mass is 15.1. The third kappa shape index (κ3) is 4.10. The molecule has 0 aromatic carbocycles. The summed E-state index contributed by atoms with van der Waals surface area (Å²) in [5.74, 6) is 0. The Labute approximate surface area is 82.7 Å². The SMILES string of the molecule is CNCCCCCN(C)C1CCC1. The normalized spacial score (nSPS) is 17.8. The van der Waals surface area contributed by atoms with Gasteiger partial charge >= 0.3 is 0 Å². The predicted octanol–water partition coefficient (Wildman–Crippen LogP) is 1.86. The molecule has 0 spiro atoms. The molecule has 2 heteroatoms. The second kappa shape index (κ2) is 6.39. The Morgan fingerprint density at radius 3 is 2.54 bits per heavy atom. The number of hydrogen-bond donors (Lipinski definition) is 1. The molecule has 13 heavy (non-hydrogen) atoms. The van der Waals surface area contributed by atoms with Crippen LogP contribution >= 0.6 is 0 Å². The van der Waals surface area contributed by atoms with Crippen LogP contribution in [0.15, 0.2) is 0 Å². The third-order valence-corrected chi connectivity index (χ3v) is 3.14. The van der Waals surface area contributed by atoms with Gasteiger partial charge in [0.1, 0.15) is 0 Å². The van der Waals surface area contributed by atoms with E-state index in [0.717, 1.165) is 6.04 Å². The van der Waals surface area contributed by atoms with E-state index in [4.69, 9.17) is 0 Å². The van der Waals surface area contributed by atoms with Crippen LogP contribution < -0.4 is 5.32 Å². The molecule has 1 N–H and O–H groups in total. The summed E-state index contributed by atoms with van der Waals surface area (Å²) in [5, 5.41) is 3.19. The van der Waals surface area contributed by atoms with Crippen molar-refractivity contribution in [1.82, 2.24) is 10.2 Å². The predicted molar refractivity (Wildman–Crippen MR) is 58.0 cm³/mol. The smallest absolute Gasteiger partial charge is 0.00922 e. The van der Waals surface area contributed by atoms with Crippen molar-refractivity contribution in [1.29, 1.82) is 0 Å².